The van der Waals surface area contributed by atoms with Gasteiger partial charge in [0.05, 0.1) is 12.7 Å². The first-order valence-electron chi connectivity index (χ1n) is 6.23. The summed E-state index contributed by atoms with van der Waals surface area (Å²) in [6, 6.07) is 0. The van der Waals surface area contributed by atoms with Gasteiger partial charge in [0.2, 0.25) is 0 Å². The third-order valence-corrected chi connectivity index (χ3v) is 2.84. The van der Waals surface area contributed by atoms with Crippen molar-refractivity contribution in [3.05, 3.63) is 11.7 Å². The molecule has 0 bridgehead atoms. The molecular weight excluding hydrogens is 260 g/mol. The Kier molecular flexibility index (Phi) is 5.17. The molecule has 1 aliphatic rings. The summed E-state index contributed by atoms with van der Waals surface area (Å²) in [7, 11) is 0. The van der Waals surface area contributed by atoms with Gasteiger partial charge in [-0.15, -0.1) is 0 Å². The van der Waals surface area contributed by atoms with Crippen LogP contribution in [0.5, 0.6) is 0 Å². The SMILES string of the molecule is NCC1CCC(c2nc(CCOCC(F)F)no2)O1. The number of hydrogen-bond donors (Lipinski definition) is 1. The third kappa shape index (κ3) is 4.19. The molecule has 2 N–H and O–H groups in total. The normalized spacial score (nSPS) is 23.4. The molecule has 0 spiro atoms. The van der Waals surface area contributed by atoms with E-state index in [1.165, 1.54) is 0 Å². The zero-order valence-electron chi connectivity index (χ0n) is 10.4. The Bertz CT molecular complexity index is 389. The summed E-state index contributed by atoms with van der Waals surface area (Å²) in [5, 5.41) is 3.76. The Morgan fingerprint density at radius 2 is 2.26 bits per heavy atom. The van der Waals surface area contributed by atoms with E-state index in [2.05, 4.69) is 10.1 Å². The first-order chi connectivity index (χ1) is 9.19. The van der Waals surface area contributed by atoms with Crippen LogP contribution in [0.25, 0.3) is 0 Å². The summed E-state index contributed by atoms with van der Waals surface area (Å²) in [6.45, 7) is 0.0356. The molecule has 0 aromatic carbocycles. The highest BCUT2D eigenvalue weighted by Gasteiger charge is 2.29. The second-order valence-corrected chi connectivity index (χ2v) is 4.32. The molecule has 19 heavy (non-hydrogen) atoms. The summed E-state index contributed by atoms with van der Waals surface area (Å²) >= 11 is 0. The van der Waals surface area contributed by atoms with Gasteiger partial charge in [0.25, 0.3) is 12.3 Å². The molecule has 6 nitrogen and oxygen atoms in total. The maximum absolute atomic E-state index is 11.8. The van der Waals surface area contributed by atoms with Crippen LogP contribution < -0.4 is 5.73 Å². The first kappa shape index (κ1) is 14.3. The summed E-state index contributed by atoms with van der Waals surface area (Å²) in [5.41, 5.74) is 5.52. The van der Waals surface area contributed by atoms with E-state index in [0.717, 1.165) is 12.8 Å². The molecule has 2 unspecified atom stereocenters. The van der Waals surface area contributed by atoms with Crippen LogP contribution in [0.4, 0.5) is 8.78 Å². The molecule has 0 aliphatic carbocycles. The lowest BCUT2D eigenvalue weighted by Crippen LogP contribution is -2.18. The molecule has 1 aliphatic heterocycles. The Morgan fingerprint density at radius 3 is 2.95 bits per heavy atom. The van der Waals surface area contributed by atoms with E-state index in [4.69, 9.17) is 19.7 Å². The van der Waals surface area contributed by atoms with Crippen molar-refractivity contribution in [2.45, 2.75) is 37.9 Å². The van der Waals surface area contributed by atoms with Gasteiger partial charge in [-0.3, -0.25) is 0 Å². The van der Waals surface area contributed by atoms with Crippen molar-refractivity contribution >= 4 is 0 Å². The highest BCUT2D eigenvalue weighted by molar-refractivity contribution is 4.93. The van der Waals surface area contributed by atoms with Gasteiger partial charge in [-0.25, -0.2) is 8.78 Å². The first-order valence-corrected chi connectivity index (χ1v) is 6.23. The zero-order chi connectivity index (χ0) is 13.7. The van der Waals surface area contributed by atoms with Gasteiger partial charge in [-0.2, -0.15) is 4.98 Å². The van der Waals surface area contributed by atoms with Crippen molar-refractivity contribution in [1.82, 2.24) is 10.1 Å². The largest absolute Gasteiger partial charge is 0.375 e. The lowest BCUT2D eigenvalue weighted by molar-refractivity contribution is 0.0182. The summed E-state index contributed by atoms with van der Waals surface area (Å²) in [4.78, 5) is 4.17. The minimum atomic E-state index is -2.46. The van der Waals surface area contributed by atoms with E-state index in [1.54, 1.807) is 0 Å². The summed E-state index contributed by atoms with van der Waals surface area (Å²) < 4.78 is 39.1. The average Bonchev–Trinajstić information content (AvgIpc) is 3.02. The molecule has 0 amide bonds. The van der Waals surface area contributed by atoms with Gasteiger partial charge in [-0.1, -0.05) is 5.16 Å². The van der Waals surface area contributed by atoms with Crippen molar-refractivity contribution in [2.24, 2.45) is 5.73 Å². The van der Waals surface area contributed by atoms with E-state index in [-0.39, 0.29) is 18.8 Å². The van der Waals surface area contributed by atoms with E-state index in [0.29, 0.717) is 24.7 Å². The third-order valence-electron chi connectivity index (χ3n) is 2.84. The average molecular weight is 277 g/mol. The van der Waals surface area contributed by atoms with Gasteiger partial charge in [0, 0.05) is 13.0 Å². The Balaban J connectivity index is 1.76. The molecule has 0 saturated carbocycles. The molecule has 2 heterocycles. The predicted molar refractivity (Wildman–Crippen MR) is 60.7 cm³/mol. The summed E-state index contributed by atoms with van der Waals surface area (Å²) in [5.74, 6) is 0.851. The summed E-state index contributed by atoms with van der Waals surface area (Å²) in [6.07, 6.45) is -0.627. The highest BCUT2D eigenvalue weighted by Crippen LogP contribution is 2.31. The standard InChI is InChI=1S/C11H17F2N3O3/c12-9(13)6-17-4-3-10-15-11(19-16-10)8-2-1-7(5-14)18-8/h7-9H,1-6,14H2. The number of halogens is 2. The lowest BCUT2D eigenvalue weighted by Gasteiger charge is -2.07. The Morgan fingerprint density at radius 1 is 1.42 bits per heavy atom. The van der Waals surface area contributed by atoms with Crippen LogP contribution in [0.1, 0.15) is 30.7 Å². The number of hydrogen-bond acceptors (Lipinski definition) is 6. The number of ether oxygens (including phenoxy) is 2. The minimum Gasteiger partial charge on any atom is -0.375 e. The predicted octanol–water partition coefficient (Wildman–Crippen LogP) is 1.07. The smallest absolute Gasteiger partial charge is 0.261 e. The van der Waals surface area contributed by atoms with Crippen molar-refractivity contribution in [2.75, 3.05) is 19.8 Å². The molecule has 2 atom stereocenters. The number of nitrogens with two attached hydrogens (primary N) is 1. The Labute approximate surface area is 109 Å². The van der Waals surface area contributed by atoms with E-state index >= 15 is 0 Å². The maximum Gasteiger partial charge on any atom is 0.261 e. The van der Waals surface area contributed by atoms with Gasteiger partial charge >= 0.3 is 0 Å². The molecule has 1 fully saturated rings. The van der Waals surface area contributed by atoms with Crippen LogP contribution in [0, 0.1) is 0 Å². The molecule has 1 aromatic rings. The fourth-order valence-electron chi connectivity index (χ4n) is 1.90. The highest BCUT2D eigenvalue weighted by atomic mass is 19.3. The van der Waals surface area contributed by atoms with Gasteiger partial charge in [0.1, 0.15) is 12.7 Å². The molecule has 0 radical (unpaired) electrons. The fraction of sp³-hybridized carbons (Fsp3) is 0.818. The monoisotopic (exact) mass is 277 g/mol. The van der Waals surface area contributed by atoms with Crippen LogP contribution in [0.15, 0.2) is 4.52 Å². The van der Waals surface area contributed by atoms with Crippen LogP contribution in [0.3, 0.4) is 0 Å². The quantitative estimate of drug-likeness (QED) is 0.751. The second kappa shape index (κ2) is 6.88. The van der Waals surface area contributed by atoms with Crippen molar-refractivity contribution in [1.29, 1.82) is 0 Å². The van der Waals surface area contributed by atoms with Crippen molar-refractivity contribution < 1.29 is 22.8 Å². The van der Waals surface area contributed by atoms with E-state index < -0.39 is 13.0 Å². The lowest BCUT2D eigenvalue weighted by atomic mass is 10.2. The molecule has 1 saturated heterocycles. The number of alkyl halides is 2. The van der Waals surface area contributed by atoms with Crippen LogP contribution in [-0.4, -0.2) is 42.4 Å². The molecule has 2 rings (SSSR count). The van der Waals surface area contributed by atoms with Gasteiger partial charge in [0.15, 0.2) is 5.82 Å². The van der Waals surface area contributed by atoms with Crippen LogP contribution in [0.2, 0.25) is 0 Å². The maximum atomic E-state index is 11.8. The topological polar surface area (TPSA) is 83.4 Å². The second-order valence-electron chi connectivity index (χ2n) is 4.32. The zero-order valence-corrected chi connectivity index (χ0v) is 10.4. The van der Waals surface area contributed by atoms with E-state index in [1.807, 2.05) is 0 Å². The van der Waals surface area contributed by atoms with Crippen LogP contribution in [-0.2, 0) is 15.9 Å². The number of aromatic nitrogens is 2. The molecular formula is C11H17F2N3O3. The molecule has 108 valence electrons. The van der Waals surface area contributed by atoms with E-state index in [9.17, 15) is 8.78 Å². The Hall–Kier alpha value is -1.12. The number of nitrogens with zero attached hydrogens (tertiary/aromatic N) is 2. The van der Waals surface area contributed by atoms with Gasteiger partial charge < -0.3 is 19.7 Å². The fourth-order valence-corrected chi connectivity index (χ4v) is 1.90. The number of rotatable bonds is 7. The molecule has 8 heteroatoms. The van der Waals surface area contributed by atoms with Crippen LogP contribution >= 0.6 is 0 Å². The minimum absolute atomic E-state index is 0.0368. The molecule has 1 aromatic heterocycles. The van der Waals surface area contributed by atoms with Crippen molar-refractivity contribution in [3.63, 3.8) is 0 Å². The van der Waals surface area contributed by atoms with Gasteiger partial charge in [-0.05, 0) is 12.8 Å². The van der Waals surface area contributed by atoms with Crippen molar-refractivity contribution in [3.8, 4) is 0 Å².